The highest BCUT2D eigenvalue weighted by Crippen LogP contribution is 2.39. The number of rotatable bonds is 8. The fourth-order valence-electron chi connectivity index (χ4n) is 3.50. The van der Waals surface area contributed by atoms with E-state index in [-0.39, 0.29) is 34.5 Å². The highest BCUT2D eigenvalue weighted by Gasteiger charge is 2.23. The van der Waals surface area contributed by atoms with Crippen molar-refractivity contribution in [1.29, 1.82) is 0 Å². The Morgan fingerprint density at radius 3 is 2.47 bits per heavy atom. The summed E-state index contributed by atoms with van der Waals surface area (Å²) in [4.78, 5) is 35.4. The molecule has 1 unspecified atom stereocenters. The van der Waals surface area contributed by atoms with Crippen molar-refractivity contribution in [3.63, 3.8) is 0 Å². The van der Waals surface area contributed by atoms with Crippen LogP contribution in [0, 0.1) is 10.1 Å². The Labute approximate surface area is 195 Å². The topological polar surface area (TPSA) is 135 Å². The summed E-state index contributed by atoms with van der Waals surface area (Å²) >= 11 is 0. The van der Waals surface area contributed by atoms with E-state index in [0.29, 0.717) is 32.0 Å². The van der Waals surface area contributed by atoms with Crippen LogP contribution in [0.5, 0.6) is 17.2 Å². The van der Waals surface area contributed by atoms with E-state index in [9.17, 15) is 19.7 Å². The number of carbonyl (C=O) groups excluding carboxylic acids is 2. The molecule has 0 aliphatic carbocycles. The van der Waals surface area contributed by atoms with E-state index in [1.165, 1.54) is 24.3 Å². The fraction of sp³-hybridized carbons (Fsp3) is 0.391. The van der Waals surface area contributed by atoms with Crippen LogP contribution in [0.3, 0.4) is 0 Å². The molecule has 180 valence electrons. The summed E-state index contributed by atoms with van der Waals surface area (Å²) in [7, 11) is 0. The quantitative estimate of drug-likeness (QED) is 0.349. The Balaban J connectivity index is 1.31. The highest BCUT2D eigenvalue weighted by molar-refractivity contribution is 5.97. The normalized spacial score (nSPS) is 16.9. The molecule has 1 atom stereocenters. The van der Waals surface area contributed by atoms with Gasteiger partial charge in [0.15, 0.2) is 18.1 Å². The number of anilines is 1. The predicted octanol–water partition coefficient (Wildman–Crippen LogP) is 3.11. The zero-order chi connectivity index (χ0) is 23.9. The minimum atomic E-state index is -0.734. The first kappa shape index (κ1) is 23.3. The summed E-state index contributed by atoms with van der Waals surface area (Å²) in [6.45, 7) is 1.31. The van der Waals surface area contributed by atoms with E-state index >= 15 is 0 Å². The van der Waals surface area contributed by atoms with Gasteiger partial charge in [-0.05, 0) is 37.1 Å². The number of esters is 1. The van der Waals surface area contributed by atoms with Gasteiger partial charge in [-0.1, -0.05) is 0 Å². The summed E-state index contributed by atoms with van der Waals surface area (Å²) in [6, 6.07) is 8.84. The minimum absolute atomic E-state index is 0.0805. The number of carbonyl (C=O) groups is 2. The molecule has 1 fully saturated rings. The maximum atomic E-state index is 12.3. The van der Waals surface area contributed by atoms with Gasteiger partial charge in [-0.2, -0.15) is 0 Å². The second kappa shape index (κ2) is 10.8. The molecule has 2 aromatic rings. The van der Waals surface area contributed by atoms with Crippen LogP contribution in [0.25, 0.3) is 0 Å². The van der Waals surface area contributed by atoms with E-state index in [1.807, 2.05) is 0 Å². The van der Waals surface area contributed by atoms with Crippen LogP contribution in [-0.4, -0.2) is 55.9 Å². The SMILES string of the molecule is O=C(COC(=O)c1ccc(OCC2CCCO2)cc1)Nc1cc2c(cc1[N+](=O)[O-])OCCCO2. The van der Waals surface area contributed by atoms with Crippen LogP contribution >= 0.6 is 0 Å². The average molecular weight is 472 g/mol. The second-order valence-corrected chi connectivity index (χ2v) is 7.72. The molecule has 1 saturated heterocycles. The average Bonchev–Trinajstić information content (AvgIpc) is 3.25. The number of nitrogens with one attached hydrogen (secondary N) is 1. The maximum absolute atomic E-state index is 12.3. The monoisotopic (exact) mass is 472 g/mol. The number of benzene rings is 2. The van der Waals surface area contributed by atoms with Crippen LogP contribution in [0.4, 0.5) is 11.4 Å². The number of nitro benzene ring substituents is 1. The molecular weight excluding hydrogens is 448 g/mol. The smallest absolute Gasteiger partial charge is 0.338 e. The molecule has 11 heteroatoms. The largest absolute Gasteiger partial charge is 0.491 e. The molecule has 0 radical (unpaired) electrons. The summed E-state index contributed by atoms with van der Waals surface area (Å²) in [5.41, 5.74) is -0.204. The molecule has 0 bridgehead atoms. The number of ether oxygens (including phenoxy) is 5. The van der Waals surface area contributed by atoms with Crippen LogP contribution in [0.1, 0.15) is 29.6 Å². The fourth-order valence-corrected chi connectivity index (χ4v) is 3.50. The van der Waals surface area contributed by atoms with Gasteiger partial charge in [0.25, 0.3) is 11.6 Å². The number of nitrogens with zero attached hydrogens (tertiary/aromatic N) is 1. The third-order valence-electron chi connectivity index (χ3n) is 5.22. The molecule has 11 nitrogen and oxygen atoms in total. The molecule has 0 spiro atoms. The summed E-state index contributed by atoms with van der Waals surface area (Å²) in [5, 5.41) is 13.8. The lowest BCUT2D eigenvalue weighted by atomic mass is 10.2. The molecule has 4 rings (SSSR count). The van der Waals surface area contributed by atoms with E-state index in [2.05, 4.69) is 5.32 Å². The van der Waals surface area contributed by atoms with Gasteiger partial charge in [0.2, 0.25) is 0 Å². The van der Waals surface area contributed by atoms with Gasteiger partial charge in [-0.3, -0.25) is 14.9 Å². The van der Waals surface area contributed by atoms with E-state index in [0.717, 1.165) is 19.4 Å². The zero-order valence-corrected chi connectivity index (χ0v) is 18.3. The number of amides is 1. The van der Waals surface area contributed by atoms with Crippen molar-refractivity contribution in [3.8, 4) is 17.2 Å². The van der Waals surface area contributed by atoms with Crippen molar-refractivity contribution in [3.05, 3.63) is 52.1 Å². The van der Waals surface area contributed by atoms with Gasteiger partial charge in [-0.15, -0.1) is 0 Å². The zero-order valence-electron chi connectivity index (χ0n) is 18.3. The van der Waals surface area contributed by atoms with Gasteiger partial charge >= 0.3 is 5.97 Å². The number of hydrogen-bond acceptors (Lipinski definition) is 9. The maximum Gasteiger partial charge on any atom is 0.338 e. The van der Waals surface area contributed by atoms with Crippen molar-refractivity contribution in [2.45, 2.75) is 25.4 Å². The van der Waals surface area contributed by atoms with Gasteiger partial charge in [-0.25, -0.2) is 4.79 Å². The van der Waals surface area contributed by atoms with Gasteiger partial charge < -0.3 is 29.0 Å². The van der Waals surface area contributed by atoms with Crippen molar-refractivity contribution >= 4 is 23.3 Å². The summed E-state index contributed by atoms with van der Waals surface area (Å²) in [5.74, 6) is -0.336. The molecule has 2 aliphatic rings. The van der Waals surface area contributed by atoms with Crippen molar-refractivity contribution in [2.24, 2.45) is 0 Å². The minimum Gasteiger partial charge on any atom is -0.491 e. The molecule has 1 amide bonds. The third kappa shape index (κ3) is 5.93. The second-order valence-electron chi connectivity index (χ2n) is 7.72. The lowest BCUT2D eigenvalue weighted by Crippen LogP contribution is -2.21. The number of fused-ring (bicyclic) bond motifs is 1. The molecule has 2 aromatic carbocycles. The Morgan fingerprint density at radius 1 is 1.06 bits per heavy atom. The van der Waals surface area contributed by atoms with E-state index < -0.39 is 23.4 Å². The van der Waals surface area contributed by atoms with Crippen molar-refractivity contribution in [1.82, 2.24) is 0 Å². The molecule has 0 saturated carbocycles. The number of nitro groups is 1. The van der Waals surface area contributed by atoms with Gasteiger partial charge in [0.05, 0.1) is 35.9 Å². The Hall–Kier alpha value is -3.86. The molecule has 34 heavy (non-hydrogen) atoms. The molecule has 2 heterocycles. The Bertz CT molecular complexity index is 1050. The van der Waals surface area contributed by atoms with Crippen LogP contribution < -0.4 is 19.5 Å². The van der Waals surface area contributed by atoms with Crippen LogP contribution in [0.2, 0.25) is 0 Å². The molecule has 1 N–H and O–H groups in total. The standard InChI is InChI=1S/C23H24N2O9/c26-22(24-18-11-20-21(12-19(18)25(28)29)32-10-2-9-31-20)14-34-23(27)15-4-6-16(7-5-15)33-13-17-3-1-8-30-17/h4-7,11-12,17H,1-3,8-10,13-14H2,(H,24,26). The Kier molecular flexibility index (Phi) is 7.43. The van der Waals surface area contributed by atoms with Crippen LogP contribution in [-0.2, 0) is 14.3 Å². The third-order valence-corrected chi connectivity index (χ3v) is 5.22. The van der Waals surface area contributed by atoms with E-state index in [1.54, 1.807) is 12.1 Å². The first-order valence-electron chi connectivity index (χ1n) is 10.9. The molecular formula is C23H24N2O9. The lowest BCUT2D eigenvalue weighted by molar-refractivity contribution is -0.384. The van der Waals surface area contributed by atoms with Gasteiger partial charge in [0.1, 0.15) is 18.0 Å². The van der Waals surface area contributed by atoms with Gasteiger partial charge in [0, 0.05) is 19.1 Å². The molecule has 2 aliphatic heterocycles. The number of hydrogen-bond donors (Lipinski definition) is 1. The highest BCUT2D eigenvalue weighted by atomic mass is 16.6. The Morgan fingerprint density at radius 2 is 1.79 bits per heavy atom. The lowest BCUT2D eigenvalue weighted by Gasteiger charge is -2.12. The van der Waals surface area contributed by atoms with Crippen molar-refractivity contribution in [2.75, 3.05) is 38.4 Å². The first-order valence-corrected chi connectivity index (χ1v) is 10.9. The first-order chi connectivity index (χ1) is 16.5. The van der Waals surface area contributed by atoms with Crippen LogP contribution in [0.15, 0.2) is 36.4 Å². The molecule has 0 aromatic heterocycles. The van der Waals surface area contributed by atoms with E-state index in [4.69, 9.17) is 23.7 Å². The predicted molar refractivity (Wildman–Crippen MR) is 119 cm³/mol. The summed E-state index contributed by atoms with van der Waals surface area (Å²) < 4.78 is 27.2. The summed E-state index contributed by atoms with van der Waals surface area (Å²) in [6.07, 6.45) is 2.69. The van der Waals surface area contributed by atoms with Crippen molar-refractivity contribution < 1.29 is 38.2 Å².